The molecule has 20 heavy (non-hydrogen) atoms. The Morgan fingerprint density at radius 2 is 2.00 bits per heavy atom. The molecule has 1 aromatic carbocycles. The van der Waals surface area contributed by atoms with Gasteiger partial charge < -0.3 is 5.41 Å². The van der Waals surface area contributed by atoms with Crippen LogP contribution >= 0.6 is 11.6 Å². The molecule has 1 aromatic heterocycles. The molecule has 1 fully saturated rings. The van der Waals surface area contributed by atoms with Crippen LogP contribution in [0.1, 0.15) is 47.9 Å². The van der Waals surface area contributed by atoms with Crippen molar-refractivity contribution in [3.63, 3.8) is 0 Å². The maximum absolute atomic E-state index is 8.11. The first-order valence-electron chi connectivity index (χ1n) is 6.98. The van der Waals surface area contributed by atoms with Crippen LogP contribution in [0, 0.1) is 11.3 Å². The normalized spacial score (nSPS) is 24.6. The summed E-state index contributed by atoms with van der Waals surface area (Å²) in [5, 5.41) is 12.6. The van der Waals surface area contributed by atoms with Gasteiger partial charge in [-0.2, -0.15) is 0 Å². The predicted octanol–water partition coefficient (Wildman–Crippen LogP) is 3.33. The molecule has 102 valence electrons. The van der Waals surface area contributed by atoms with E-state index in [1.54, 1.807) is 0 Å². The Hall–Kier alpha value is -1.68. The van der Waals surface area contributed by atoms with E-state index in [2.05, 4.69) is 22.2 Å². The summed E-state index contributed by atoms with van der Waals surface area (Å²) in [7, 11) is 0. The van der Waals surface area contributed by atoms with E-state index >= 15 is 0 Å². The Labute approximate surface area is 122 Å². The highest BCUT2D eigenvalue weighted by Crippen LogP contribution is 2.41. The number of aromatic nitrogens is 3. The summed E-state index contributed by atoms with van der Waals surface area (Å²) in [6.45, 7) is 0. The molecular formula is C15H15ClN4. The van der Waals surface area contributed by atoms with Crippen molar-refractivity contribution in [3.8, 4) is 0 Å². The first-order valence-corrected chi connectivity index (χ1v) is 7.42. The minimum atomic E-state index is -0.117. The molecule has 0 bridgehead atoms. The van der Waals surface area contributed by atoms with E-state index in [4.69, 9.17) is 17.0 Å². The molecule has 0 saturated heterocycles. The molecule has 0 unspecified atom stereocenters. The molecule has 1 aliphatic carbocycles. The lowest BCUT2D eigenvalue weighted by molar-refractivity contribution is 0.552. The molecule has 0 amide bonds. The number of benzene rings is 1. The fourth-order valence-corrected chi connectivity index (χ4v) is 3.12. The van der Waals surface area contributed by atoms with Gasteiger partial charge in [0.05, 0.1) is 17.1 Å². The highest BCUT2D eigenvalue weighted by Gasteiger charge is 2.36. The van der Waals surface area contributed by atoms with Crippen LogP contribution < -0.4 is 0 Å². The molecule has 5 heteroatoms. The number of nitrogens with zero attached hydrogens (tertiary/aromatic N) is 3. The summed E-state index contributed by atoms with van der Waals surface area (Å²) in [4.78, 5) is 4.50. The average molecular weight is 287 g/mol. The largest absolute Gasteiger partial charge is 0.301 e. The second-order valence-corrected chi connectivity index (χ2v) is 6.08. The summed E-state index contributed by atoms with van der Waals surface area (Å²) < 4.78 is 1.92. The number of hydrogen-bond acceptors (Lipinski definition) is 3. The Morgan fingerprint density at radius 1 is 1.25 bits per heavy atom. The number of rotatable bonds is 3. The topological polar surface area (TPSA) is 54.6 Å². The highest BCUT2D eigenvalue weighted by molar-refractivity contribution is 6.20. The lowest BCUT2D eigenvalue weighted by Crippen LogP contribution is -2.10. The molecule has 2 aliphatic rings. The minimum Gasteiger partial charge on any atom is -0.301 e. The fourth-order valence-electron chi connectivity index (χ4n) is 2.80. The van der Waals surface area contributed by atoms with Gasteiger partial charge in [0, 0.05) is 5.92 Å². The van der Waals surface area contributed by atoms with Gasteiger partial charge in [0.2, 0.25) is 0 Å². The van der Waals surface area contributed by atoms with Crippen LogP contribution in [-0.2, 0) is 0 Å². The van der Waals surface area contributed by atoms with Crippen LogP contribution in [0.15, 0.2) is 30.3 Å². The summed E-state index contributed by atoms with van der Waals surface area (Å²) in [6, 6.07) is 10.4. The zero-order valence-electron chi connectivity index (χ0n) is 11.0. The summed E-state index contributed by atoms with van der Waals surface area (Å²) in [5.74, 6) is 1.73. The van der Waals surface area contributed by atoms with Gasteiger partial charge >= 0.3 is 0 Å². The van der Waals surface area contributed by atoms with Gasteiger partial charge in [0.1, 0.15) is 5.82 Å². The van der Waals surface area contributed by atoms with Crippen molar-refractivity contribution in [3.05, 3.63) is 47.5 Å². The third-order valence-corrected chi connectivity index (χ3v) is 4.45. The molecular weight excluding hydrogens is 272 g/mol. The molecule has 2 heterocycles. The lowest BCUT2D eigenvalue weighted by Gasteiger charge is -2.11. The minimum absolute atomic E-state index is 0.117. The van der Waals surface area contributed by atoms with E-state index in [9.17, 15) is 0 Å². The van der Waals surface area contributed by atoms with E-state index in [1.807, 2.05) is 22.9 Å². The van der Waals surface area contributed by atoms with Crippen LogP contribution in [0.3, 0.4) is 0 Å². The van der Waals surface area contributed by atoms with Crippen LogP contribution in [-0.4, -0.2) is 20.5 Å². The maximum Gasteiger partial charge on any atom is 0.195 e. The Morgan fingerprint density at radius 3 is 2.70 bits per heavy atom. The van der Waals surface area contributed by atoms with Gasteiger partial charge in [-0.1, -0.05) is 30.3 Å². The SMILES string of the molecule is N=C(c1nc2n(n1)[C@H](c1ccccc1)C[C@@H]2Cl)C1CC1. The van der Waals surface area contributed by atoms with Crippen molar-refractivity contribution < 1.29 is 0 Å². The third-order valence-electron chi connectivity index (χ3n) is 4.07. The van der Waals surface area contributed by atoms with Crippen molar-refractivity contribution in [2.45, 2.75) is 30.7 Å². The quantitative estimate of drug-likeness (QED) is 0.695. The number of fused-ring (bicyclic) bond motifs is 1. The van der Waals surface area contributed by atoms with E-state index in [1.165, 1.54) is 5.56 Å². The first-order chi connectivity index (χ1) is 9.74. The van der Waals surface area contributed by atoms with Crippen LogP contribution in [0.5, 0.6) is 0 Å². The molecule has 0 radical (unpaired) electrons. The molecule has 1 aliphatic heterocycles. The van der Waals surface area contributed by atoms with Crippen molar-refractivity contribution >= 4 is 17.3 Å². The van der Waals surface area contributed by atoms with Crippen molar-refractivity contribution in [1.29, 1.82) is 5.41 Å². The number of halogens is 1. The highest BCUT2D eigenvalue weighted by atomic mass is 35.5. The standard InChI is InChI=1S/C15H15ClN4/c16-11-8-12(9-4-2-1-3-5-9)20-15(11)18-14(19-20)13(17)10-6-7-10/h1-5,10-12,17H,6-8H2/t11-,12-/m0/s1. The maximum atomic E-state index is 8.11. The summed E-state index contributed by atoms with van der Waals surface area (Å²) in [5.41, 5.74) is 1.77. The second kappa shape index (κ2) is 4.42. The van der Waals surface area contributed by atoms with E-state index < -0.39 is 0 Å². The molecule has 1 N–H and O–H groups in total. The van der Waals surface area contributed by atoms with Gasteiger partial charge in [-0.25, -0.2) is 9.67 Å². The van der Waals surface area contributed by atoms with Crippen LogP contribution in [0.25, 0.3) is 0 Å². The average Bonchev–Trinajstić information content (AvgIpc) is 3.15. The monoisotopic (exact) mass is 286 g/mol. The summed E-state index contributed by atoms with van der Waals surface area (Å²) >= 11 is 6.41. The van der Waals surface area contributed by atoms with Crippen molar-refractivity contribution in [1.82, 2.24) is 14.8 Å². The number of hydrogen-bond donors (Lipinski definition) is 1. The van der Waals surface area contributed by atoms with Gasteiger partial charge in [-0.3, -0.25) is 0 Å². The Kier molecular flexibility index (Phi) is 2.67. The van der Waals surface area contributed by atoms with Gasteiger partial charge in [0.15, 0.2) is 5.82 Å². The molecule has 4 nitrogen and oxygen atoms in total. The smallest absolute Gasteiger partial charge is 0.195 e. The molecule has 2 atom stereocenters. The second-order valence-electron chi connectivity index (χ2n) is 5.56. The molecule has 0 spiro atoms. The van der Waals surface area contributed by atoms with Gasteiger partial charge in [-0.05, 0) is 24.8 Å². The first kappa shape index (κ1) is 12.1. The number of alkyl halides is 1. The van der Waals surface area contributed by atoms with E-state index in [-0.39, 0.29) is 11.4 Å². The predicted molar refractivity (Wildman–Crippen MR) is 77.4 cm³/mol. The van der Waals surface area contributed by atoms with Crippen LogP contribution in [0.4, 0.5) is 0 Å². The van der Waals surface area contributed by atoms with E-state index in [0.717, 1.165) is 25.1 Å². The molecule has 1 saturated carbocycles. The third kappa shape index (κ3) is 1.86. The molecule has 4 rings (SSSR count). The van der Waals surface area contributed by atoms with Crippen molar-refractivity contribution in [2.24, 2.45) is 5.92 Å². The van der Waals surface area contributed by atoms with E-state index in [0.29, 0.717) is 17.5 Å². The fraction of sp³-hybridized carbons (Fsp3) is 0.400. The Bertz CT molecular complexity index is 660. The van der Waals surface area contributed by atoms with Gasteiger partial charge in [0.25, 0.3) is 0 Å². The van der Waals surface area contributed by atoms with Gasteiger partial charge in [-0.15, -0.1) is 16.7 Å². The number of nitrogens with one attached hydrogen (secondary N) is 1. The summed E-state index contributed by atoms with van der Waals surface area (Å²) in [6.07, 6.45) is 3.00. The Balaban J connectivity index is 1.72. The lowest BCUT2D eigenvalue weighted by atomic mass is 10.1. The van der Waals surface area contributed by atoms with Crippen molar-refractivity contribution in [2.75, 3.05) is 0 Å². The molecule has 2 aromatic rings. The zero-order chi connectivity index (χ0) is 13.7. The van der Waals surface area contributed by atoms with Crippen LogP contribution in [0.2, 0.25) is 0 Å². The zero-order valence-corrected chi connectivity index (χ0v) is 11.7.